The monoisotopic (exact) mass is 349 g/mol. The van der Waals surface area contributed by atoms with Gasteiger partial charge in [-0.2, -0.15) is 0 Å². The van der Waals surface area contributed by atoms with Crippen LogP contribution in [0.25, 0.3) is 16.7 Å². The van der Waals surface area contributed by atoms with E-state index in [-0.39, 0.29) is 6.61 Å². The summed E-state index contributed by atoms with van der Waals surface area (Å²) >= 11 is 0. The van der Waals surface area contributed by atoms with Crippen LogP contribution in [0.1, 0.15) is 60.8 Å². The van der Waals surface area contributed by atoms with Gasteiger partial charge in [0.25, 0.3) is 0 Å². The number of rotatable bonds is 4. The number of pyridine rings is 1. The van der Waals surface area contributed by atoms with Crippen molar-refractivity contribution in [2.24, 2.45) is 0 Å². The van der Waals surface area contributed by atoms with Crippen molar-refractivity contribution in [2.75, 3.05) is 6.61 Å². The third kappa shape index (κ3) is 3.14. The maximum atomic E-state index is 9.17. The quantitative estimate of drug-likeness (QED) is 0.748. The first-order chi connectivity index (χ1) is 12.7. The Labute approximate surface area is 154 Å². The molecule has 3 aromatic rings. The molecule has 0 spiro atoms. The summed E-state index contributed by atoms with van der Waals surface area (Å²) in [6.45, 7) is 4.29. The topological polar surface area (TPSA) is 50.9 Å². The van der Waals surface area contributed by atoms with Crippen molar-refractivity contribution in [3.63, 3.8) is 0 Å². The lowest BCUT2D eigenvalue weighted by atomic mass is 9.88. The molecular weight excluding hydrogens is 322 g/mol. The summed E-state index contributed by atoms with van der Waals surface area (Å²) in [7, 11) is 0. The van der Waals surface area contributed by atoms with E-state index in [1.807, 2.05) is 0 Å². The van der Waals surface area contributed by atoms with Crippen molar-refractivity contribution >= 4 is 11.0 Å². The zero-order chi connectivity index (χ0) is 18.1. The van der Waals surface area contributed by atoms with Gasteiger partial charge in [-0.3, -0.25) is 9.55 Å². The maximum absolute atomic E-state index is 9.17. The smallest absolute Gasteiger partial charge is 0.117 e. The molecule has 0 bridgehead atoms. The minimum absolute atomic E-state index is 0.185. The molecule has 0 atom stereocenters. The molecule has 2 heterocycles. The summed E-state index contributed by atoms with van der Waals surface area (Å²) < 4.78 is 2.34. The highest BCUT2D eigenvalue weighted by Crippen LogP contribution is 2.36. The standard InChI is InChI=1S/C22H27N3O/c1-15-14-20-21(16(2)23-15)24-22(18-6-4-3-5-7-18)25(20)19-10-8-17(9-11-19)12-13-26/h8-11,14,18,26H,3-7,12-13H2,1-2H3. The first-order valence-electron chi connectivity index (χ1n) is 9.74. The van der Waals surface area contributed by atoms with Crippen LogP contribution in [0, 0.1) is 13.8 Å². The van der Waals surface area contributed by atoms with E-state index in [0.29, 0.717) is 12.3 Å². The van der Waals surface area contributed by atoms with Gasteiger partial charge in [-0.15, -0.1) is 0 Å². The molecule has 4 rings (SSSR count). The molecule has 4 heteroatoms. The van der Waals surface area contributed by atoms with Gasteiger partial charge in [-0.25, -0.2) is 4.98 Å². The van der Waals surface area contributed by atoms with Gasteiger partial charge in [0.1, 0.15) is 11.3 Å². The largest absolute Gasteiger partial charge is 0.396 e. The zero-order valence-electron chi connectivity index (χ0n) is 15.7. The second-order valence-corrected chi connectivity index (χ2v) is 7.50. The Hall–Kier alpha value is -2.20. The average Bonchev–Trinajstić information content (AvgIpc) is 3.03. The Balaban J connectivity index is 1.89. The fourth-order valence-corrected chi connectivity index (χ4v) is 4.24. The van der Waals surface area contributed by atoms with Crippen molar-refractivity contribution in [2.45, 2.75) is 58.3 Å². The molecule has 136 valence electrons. The van der Waals surface area contributed by atoms with Crippen molar-refractivity contribution < 1.29 is 5.11 Å². The number of aliphatic hydroxyl groups is 1. The van der Waals surface area contributed by atoms with E-state index in [9.17, 15) is 0 Å². The van der Waals surface area contributed by atoms with Crippen LogP contribution in [0.15, 0.2) is 30.3 Å². The van der Waals surface area contributed by atoms with Crippen LogP contribution in [0.4, 0.5) is 0 Å². The molecule has 0 amide bonds. The summed E-state index contributed by atoms with van der Waals surface area (Å²) in [5.41, 5.74) is 6.53. The molecule has 0 unspecified atom stereocenters. The van der Waals surface area contributed by atoms with Crippen LogP contribution in [-0.2, 0) is 6.42 Å². The summed E-state index contributed by atoms with van der Waals surface area (Å²) in [5.74, 6) is 1.71. The predicted octanol–water partition coefficient (Wildman–Crippen LogP) is 4.62. The molecule has 1 aromatic carbocycles. The van der Waals surface area contributed by atoms with Crippen LogP contribution >= 0.6 is 0 Å². The zero-order valence-corrected chi connectivity index (χ0v) is 15.7. The second-order valence-electron chi connectivity index (χ2n) is 7.50. The average molecular weight is 349 g/mol. The fraction of sp³-hybridized carbons (Fsp3) is 0.455. The van der Waals surface area contributed by atoms with Gasteiger partial charge in [-0.05, 0) is 56.9 Å². The number of nitrogens with zero attached hydrogens (tertiary/aromatic N) is 3. The molecule has 0 aliphatic heterocycles. The Morgan fingerprint density at radius 3 is 2.46 bits per heavy atom. The van der Waals surface area contributed by atoms with Crippen LogP contribution < -0.4 is 0 Å². The summed E-state index contributed by atoms with van der Waals surface area (Å²) in [4.78, 5) is 9.70. The number of fused-ring (bicyclic) bond motifs is 1. The molecule has 26 heavy (non-hydrogen) atoms. The number of aromatic nitrogens is 3. The Kier molecular flexibility index (Phi) is 4.77. The SMILES string of the molecule is Cc1cc2c(nc(C3CCCCC3)n2-c2ccc(CCO)cc2)c(C)n1. The number of aryl methyl sites for hydroxylation is 2. The molecule has 4 nitrogen and oxygen atoms in total. The van der Waals surface area contributed by atoms with Crippen molar-refractivity contribution in [3.05, 3.63) is 53.1 Å². The predicted molar refractivity (Wildman–Crippen MR) is 105 cm³/mol. The fourth-order valence-electron chi connectivity index (χ4n) is 4.24. The lowest BCUT2D eigenvalue weighted by Gasteiger charge is -2.22. The molecule has 0 radical (unpaired) electrons. The first-order valence-corrected chi connectivity index (χ1v) is 9.74. The molecule has 1 aliphatic rings. The van der Waals surface area contributed by atoms with Crippen LogP contribution in [0.3, 0.4) is 0 Å². The van der Waals surface area contributed by atoms with E-state index in [0.717, 1.165) is 33.7 Å². The Morgan fingerprint density at radius 1 is 1.04 bits per heavy atom. The van der Waals surface area contributed by atoms with Gasteiger partial charge in [-0.1, -0.05) is 31.4 Å². The van der Waals surface area contributed by atoms with E-state index < -0.39 is 0 Å². The molecule has 1 saturated carbocycles. The molecule has 0 saturated heterocycles. The van der Waals surface area contributed by atoms with Crippen molar-refractivity contribution in [1.82, 2.24) is 14.5 Å². The van der Waals surface area contributed by atoms with Crippen LogP contribution in [0.5, 0.6) is 0 Å². The minimum Gasteiger partial charge on any atom is -0.396 e. The number of hydrogen-bond acceptors (Lipinski definition) is 3. The van der Waals surface area contributed by atoms with E-state index in [2.05, 4.69) is 53.7 Å². The first kappa shape index (κ1) is 17.2. The van der Waals surface area contributed by atoms with Gasteiger partial charge in [0.15, 0.2) is 0 Å². The van der Waals surface area contributed by atoms with E-state index in [4.69, 9.17) is 10.1 Å². The van der Waals surface area contributed by atoms with Crippen LogP contribution in [0.2, 0.25) is 0 Å². The Bertz CT molecular complexity index is 905. The lowest BCUT2D eigenvalue weighted by Crippen LogP contribution is -2.11. The minimum atomic E-state index is 0.185. The van der Waals surface area contributed by atoms with Gasteiger partial charge in [0, 0.05) is 23.9 Å². The molecule has 1 N–H and O–H groups in total. The molecule has 1 fully saturated rings. The van der Waals surface area contributed by atoms with Gasteiger partial charge in [0.2, 0.25) is 0 Å². The van der Waals surface area contributed by atoms with E-state index >= 15 is 0 Å². The van der Waals surface area contributed by atoms with Gasteiger partial charge >= 0.3 is 0 Å². The highest BCUT2D eigenvalue weighted by Gasteiger charge is 2.24. The summed E-state index contributed by atoms with van der Waals surface area (Å²) in [6, 6.07) is 10.7. The van der Waals surface area contributed by atoms with E-state index in [1.165, 1.54) is 37.9 Å². The maximum Gasteiger partial charge on any atom is 0.117 e. The number of aliphatic hydroxyl groups excluding tert-OH is 1. The molecule has 2 aromatic heterocycles. The van der Waals surface area contributed by atoms with Crippen LogP contribution in [-0.4, -0.2) is 26.2 Å². The number of hydrogen-bond donors (Lipinski definition) is 1. The molecule has 1 aliphatic carbocycles. The third-order valence-corrected chi connectivity index (χ3v) is 5.54. The second kappa shape index (κ2) is 7.20. The number of imidazole rings is 1. The summed E-state index contributed by atoms with van der Waals surface area (Å²) in [5, 5.41) is 9.17. The summed E-state index contributed by atoms with van der Waals surface area (Å²) in [6.07, 6.45) is 7.06. The van der Waals surface area contributed by atoms with Gasteiger partial charge in [0.05, 0.1) is 11.2 Å². The van der Waals surface area contributed by atoms with Crippen molar-refractivity contribution in [3.8, 4) is 5.69 Å². The highest BCUT2D eigenvalue weighted by molar-refractivity contribution is 5.81. The highest BCUT2D eigenvalue weighted by atomic mass is 16.2. The van der Waals surface area contributed by atoms with Crippen molar-refractivity contribution in [1.29, 1.82) is 0 Å². The van der Waals surface area contributed by atoms with Gasteiger partial charge < -0.3 is 5.11 Å². The lowest BCUT2D eigenvalue weighted by molar-refractivity contribution is 0.299. The molecular formula is C22H27N3O. The van der Waals surface area contributed by atoms with E-state index in [1.54, 1.807) is 0 Å². The normalized spacial score (nSPS) is 15.7. The number of benzene rings is 1. The Morgan fingerprint density at radius 2 is 1.77 bits per heavy atom. The third-order valence-electron chi connectivity index (χ3n) is 5.54.